The van der Waals surface area contributed by atoms with Crippen molar-refractivity contribution < 1.29 is 4.92 Å². The molecule has 0 radical (unpaired) electrons. The molecule has 2 aromatic carbocycles. The van der Waals surface area contributed by atoms with Gasteiger partial charge in [0.1, 0.15) is 0 Å². The van der Waals surface area contributed by atoms with Crippen LogP contribution in [0.25, 0.3) is 0 Å². The fraction of sp³-hybridized carbons (Fsp3) is 0.250. The van der Waals surface area contributed by atoms with Gasteiger partial charge in [-0.3, -0.25) is 15.0 Å². The van der Waals surface area contributed by atoms with Crippen molar-refractivity contribution in [3.8, 4) is 0 Å². The normalized spacial score (nSPS) is 10.9. The number of halogens is 1. The van der Waals surface area contributed by atoms with Crippen LogP contribution in [-0.2, 0) is 13.1 Å². The molecule has 0 aliphatic heterocycles. The number of benzene rings is 2. The van der Waals surface area contributed by atoms with Crippen LogP contribution in [0.1, 0.15) is 11.1 Å². The maximum Gasteiger partial charge on any atom is 0.275 e. The van der Waals surface area contributed by atoms with Gasteiger partial charge in [0.2, 0.25) is 0 Å². The third kappa shape index (κ3) is 4.53. The van der Waals surface area contributed by atoms with Gasteiger partial charge in [-0.1, -0.05) is 41.9 Å². The monoisotopic (exact) mass is 319 g/mol. The van der Waals surface area contributed by atoms with Gasteiger partial charge in [0, 0.05) is 42.8 Å². The minimum absolute atomic E-state index is 0.0441. The molecule has 0 bridgehead atoms. The lowest BCUT2D eigenvalue weighted by atomic mass is 10.1. The van der Waals surface area contributed by atoms with Gasteiger partial charge in [-0.2, -0.15) is 0 Å². The minimum Gasteiger partial charge on any atom is -0.329 e. The first kappa shape index (κ1) is 16.4. The van der Waals surface area contributed by atoms with E-state index in [-0.39, 0.29) is 5.69 Å². The molecule has 2 aromatic rings. The zero-order valence-electron chi connectivity index (χ0n) is 12.1. The highest BCUT2D eigenvalue weighted by molar-refractivity contribution is 6.30. The van der Waals surface area contributed by atoms with Gasteiger partial charge in [-0.05, 0) is 17.7 Å². The molecule has 2 rings (SSSR count). The molecule has 2 N–H and O–H groups in total. The van der Waals surface area contributed by atoms with Gasteiger partial charge >= 0.3 is 0 Å². The Kier molecular flexibility index (Phi) is 5.89. The molecule has 6 heteroatoms. The number of rotatable bonds is 7. The number of nitro groups is 1. The average molecular weight is 320 g/mol. The summed E-state index contributed by atoms with van der Waals surface area (Å²) in [5.74, 6) is 0. The zero-order valence-corrected chi connectivity index (χ0v) is 12.9. The predicted molar refractivity (Wildman–Crippen MR) is 87.7 cm³/mol. The van der Waals surface area contributed by atoms with E-state index < -0.39 is 4.92 Å². The van der Waals surface area contributed by atoms with Crippen molar-refractivity contribution in [2.75, 3.05) is 13.1 Å². The molecule has 0 aliphatic rings. The lowest BCUT2D eigenvalue weighted by molar-refractivity contribution is -0.385. The smallest absolute Gasteiger partial charge is 0.275 e. The van der Waals surface area contributed by atoms with Gasteiger partial charge < -0.3 is 5.73 Å². The number of hydrogen-bond acceptors (Lipinski definition) is 4. The van der Waals surface area contributed by atoms with E-state index in [1.54, 1.807) is 12.1 Å². The van der Waals surface area contributed by atoms with E-state index in [1.807, 2.05) is 30.3 Å². The van der Waals surface area contributed by atoms with Gasteiger partial charge in [0.05, 0.1) is 4.92 Å². The molecule has 0 atom stereocenters. The number of nitrogens with two attached hydrogens (primary N) is 1. The molecule has 0 saturated carbocycles. The van der Waals surface area contributed by atoms with Crippen molar-refractivity contribution in [2.45, 2.75) is 13.1 Å². The Labute approximate surface area is 134 Å². The molecule has 0 fully saturated rings. The topological polar surface area (TPSA) is 72.4 Å². The SMILES string of the molecule is NCCN(Cc1ccccc1)Cc1ccc(Cl)cc1[N+](=O)[O-]. The van der Waals surface area contributed by atoms with Crippen molar-refractivity contribution in [1.29, 1.82) is 0 Å². The number of nitro benzene ring substituents is 1. The molecule has 0 spiro atoms. The summed E-state index contributed by atoms with van der Waals surface area (Å²) in [5.41, 5.74) is 7.49. The summed E-state index contributed by atoms with van der Waals surface area (Å²) in [6.07, 6.45) is 0. The van der Waals surface area contributed by atoms with Gasteiger partial charge in [0.25, 0.3) is 5.69 Å². The van der Waals surface area contributed by atoms with E-state index in [0.717, 1.165) is 5.56 Å². The third-order valence-corrected chi connectivity index (χ3v) is 3.57. The molecule has 0 unspecified atom stereocenters. The van der Waals surface area contributed by atoms with Crippen LogP contribution in [0.5, 0.6) is 0 Å². The molecular formula is C16H18ClN3O2. The van der Waals surface area contributed by atoms with Crippen molar-refractivity contribution in [1.82, 2.24) is 4.90 Å². The fourth-order valence-electron chi connectivity index (χ4n) is 2.32. The van der Waals surface area contributed by atoms with Crippen LogP contribution in [0.4, 0.5) is 5.69 Å². The highest BCUT2D eigenvalue weighted by atomic mass is 35.5. The highest BCUT2D eigenvalue weighted by Crippen LogP contribution is 2.24. The van der Waals surface area contributed by atoms with Gasteiger partial charge in [-0.25, -0.2) is 0 Å². The Morgan fingerprint density at radius 1 is 1.14 bits per heavy atom. The van der Waals surface area contributed by atoms with E-state index in [2.05, 4.69) is 4.90 Å². The maximum atomic E-state index is 11.2. The Morgan fingerprint density at radius 3 is 2.50 bits per heavy atom. The molecule has 0 aromatic heterocycles. The number of hydrogen-bond donors (Lipinski definition) is 1. The van der Waals surface area contributed by atoms with E-state index in [1.165, 1.54) is 6.07 Å². The Bertz CT molecular complexity index is 635. The Balaban J connectivity index is 2.19. The molecule has 0 heterocycles. The first-order valence-corrected chi connectivity index (χ1v) is 7.37. The van der Waals surface area contributed by atoms with Crippen LogP contribution >= 0.6 is 11.6 Å². The molecule has 5 nitrogen and oxygen atoms in total. The summed E-state index contributed by atoms with van der Waals surface area (Å²) in [5, 5.41) is 11.5. The second kappa shape index (κ2) is 7.89. The molecular weight excluding hydrogens is 302 g/mol. The zero-order chi connectivity index (χ0) is 15.9. The highest BCUT2D eigenvalue weighted by Gasteiger charge is 2.17. The average Bonchev–Trinajstić information content (AvgIpc) is 2.50. The molecule has 0 aliphatic carbocycles. The van der Waals surface area contributed by atoms with Crippen LogP contribution in [0, 0.1) is 10.1 Å². The van der Waals surface area contributed by atoms with Crippen LogP contribution in [-0.4, -0.2) is 22.9 Å². The van der Waals surface area contributed by atoms with Crippen molar-refractivity contribution in [3.63, 3.8) is 0 Å². The number of nitrogens with zero attached hydrogens (tertiary/aromatic N) is 2. The van der Waals surface area contributed by atoms with E-state index >= 15 is 0 Å². The fourth-order valence-corrected chi connectivity index (χ4v) is 2.49. The second-order valence-corrected chi connectivity index (χ2v) is 5.45. The Hall–Kier alpha value is -1.95. The second-order valence-electron chi connectivity index (χ2n) is 5.02. The lowest BCUT2D eigenvalue weighted by Gasteiger charge is -2.21. The molecule has 116 valence electrons. The molecule has 0 amide bonds. The summed E-state index contributed by atoms with van der Waals surface area (Å²) in [4.78, 5) is 12.9. The van der Waals surface area contributed by atoms with Crippen LogP contribution in [0.3, 0.4) is 0 Å². The lowest BCUT2D eigenvalue weighted by Crippen LogP contribution is -2.29. The quantitative estimate of drug-likeness (QED) is 0.628. The van der Waals surface area contributed by atoms with E-state index in [0.29, 0.717) is 36.8 Å². The first-order chi connectivity index (χ1) is 10.6. The van der Waals surface area contributed by atoms with E-state index in [4.69, 9.17) is 17.3 Å². The van der Waals surface area contributed by atoms with Crippen LogP contribution < -0.4 is 5.73 Å². The standard InChI is InChI=1S/C16H18ClN3O2/c17-15-7-6-14(16(10-15)20(21)22)12-19(9-8-18)11-13-4-2-1-3-5-13/h1-7,10H,8-9,11-12,18H2. The Morgan fingerprint density at radius 2 is 1.86 bits per heavy atom. The van der Waals surface area contributed by atoms with E-state index in [9.17, 15) is 10.1 Å². The summed E-state index contributed by atoms with van der Waals surface area (Å²) >= 11 is 5.85. The van der Waals surface area contributed by atoms with Gasteiger partial charge in [-0.15, -0.1) is 0 Å². The maximum absolute atomic E-state index is 11.2. The van der Waals surface area contributed by atoms with Crippen molar-refractivity contribution in [3.05, 3.63) is 74.8 Å². The van der Waals surface area contributed by atoms with Crippen molar-refractivity contribution in [2.24, 2.45) is 5.73 Å². The van der Waals surface area contributed by atoms with Crippen molar-refractivity contribution >= 4 is 17.3 Å². The van der Waals surface area contributed by atoms with Crippen LogP contribution in [0.15, 0.2) is 48.5 Å². The molecule has 0 saturated heterocycles. The summed E-state index contributed by atoms with van der Waals surface area (Å²) in [6.45, 7) is 2.31. The van der Waals surface area contributed by atoms with Gasteiger partial charge in [0.15, 0.2) is 0 Å². The molecule has 22 heavy (non-hydrogen) atoms. The first-order valence-electron chi connectivity index (χ1n) is 6.99. The largest absolute Gasteiger partial charge is 0.329 e. The predicted octanol–water partition coefficient (Wildman–Crippen LogP) is 3.21. The summed E-state index contributed by atoms with van der Waals surface area (Å²) in [7, 11) is 0. The van der Waals surface area contributed by atoms with Crippen LogP contribution in [0.2, 0.25) is 5.02 Å². The summed E-state index contributed by atoms with van der Waals surface area (Å²) in [6, 6.07) is 14.7. The third-order valence-electron chi connectivity index (χ3n) is 3.33. The minimum atomic E-state index is -0.398. The summed E-state index contributed by atoms with van der Waals surface area (Å²) < 4.78 is 0.